The largest absolute Gasteiger partial charge is 0.389 e. The lowest BCUT2D eigenvalue weighted by molar-refractivity contribution is -0.121. The van der Waals surface area contributed by atoms with E-state index in [1.54, 1.807) is 25.8 Å². The highest BCUT2D eigenvalue weighted by Gasteiger charge is 2.18. The third kappa shape index (κ3) is 10.0. The Bertz CT molecular complexity index is 285. The summed E-state index contributed by atoms with van der Waals surface area (Å²) in [4.78, 5) is 24.5. The lowest BCUT2D eigenvalue weighted by Gasteiger charge is -2.24. The molecular formula is C12H25N3O3. The molecule has 6 nitrogen and oxygen atoms in total. The zero-order valence-electron chi connectivity index (χ0n) is 11.9. The molecule has 18 heavy (non-hydrogen) atoms. The van der Waals surface area contributed by atoms with Gasteiger partial charge in [0.05, 0.1) is 12.1 Å². The summed E-state index contributed by atoms with van der Waals surface area (Å²) in [6.07, 6.45) is 0. The van der Waals surface area contributed by atoms with Crippen molar-refractivity contribution in [3.05, 3.63) is 0 Å². The zero-order chi connectivity index (χ0) is 14.3. The van der Waals surface area contributed by atoms with Crippen molar-refractivity contribution in [2.75, 3.05) is 26.7 Å². The van der Waals surface area contributed by atoms with Gasteiger partial charge in [0.25, 0.3) is 0 Å². The van der Waals surface area contributed by atoms with Crippen LogP contribution < -0.4 is 10.6 Å². The van der Waals surface area contributed by atoms with Crippen LogP contribution in [0.15, 0.2) is 0 Å². The molecule has 6 heteroatoms. The summed E-state index contributed by atoms with van der Waals surface area (Å²) in [5.74, 6) is -0.0493. The van der Waals surface area contributed by atoms with Gasteiger partial charge in [0.2, 0.25) is 5.91 Å². The fraction of sp³-hybridized carbons (Fsp3) is 0.833. The third-order valence-corrected chi connectivity index (χ3v) is 1.99. The minimum Gasteiger partial charge on any atom is -0.389 e. The predicted molar refractivity (Wildman–Crippen MR) is 70.2 cm³/mol. The van der Waals surface area contributed by atoms with Crippen molar-refractivity contribution in [2.45, 2.75) is 33.3 Å². The maximum absolute atomic E-state index is 11.5. The number of aliphatic hydroxyl groups is 1. The van der Waals surface area contributed by atoms with Crippen LogP contribution in [-0.4, -0.2) is 54.2 Å². The van der Waals surface area contributed by atoms with Crippen molar-refractivity contribution in [2.24, 2.45) is 5.92 Å². The van der Waals surface area contributed by atoms with Gasteiger partial charge in [-0.05, 0) is 26.8 Å². The van der Waals surface area contributed by atoms with Gasteiger partial charge < -0.3 is 10.4 Å². The van der Waals surface area contributed by atoms with Gasteiger partial charge in [0.15, 0.2) is 0 Å². The number of nitrogens with zero attached hydrogens (tertiary/aromatic N) is 1. The summed E-state index contributed by atoms with van der Waals surface area (Å²) in [6, 6.07) is -0.481. The Morgan fingerprint density at radius 2 is 1.89 bits per heavy atom. The summed E-state index contributed by atoms with van der Waals surface area (Å²) in [6.45, 7) is 8.22. The van der Waals surface area contributed by atoms with Crippen LogP contribution in [0, 0.1) is 5.92 Å². The predicted octanol–water partition coefficient (Wildman–Crippen LogP) is 0.171. The van der Waals surface area contributed by atoms with Gasteiger partial charge >= 0.3 is 6.03 Å². The number of urea groups is 1. The van der Waals surface area contributed by atoms with Crippen LogP contribution in [-0.2, 0) is 4.79 Å². The molecule has 0 heterocycles. The average molecular weight is 259 g/mol. The van der Waals surface area contributed by atoms with Gasteiger partial charge in [-0.15, -0.1) is 0 Å². The molecule has 0 unspecified atom stereocenters. The molecule has 3 N–H and O–H groups in total. The highest BCUT2D eigenvalue weighted by atomic mass is 16.3. The molecular weight excluding hydrogens is 234 g/mol. The highest BCUT2D eigenvalue weighted by Crippen LogP contribution is 2.02. The van der Waals surface area contributed by atoms with E-state index in [2.05, 4.69) is 10.6 Å². The number of likely N-dealkylation sites (N-methyl/N-ethyl adjacent to an activating group) is 1. The maximum atomic E-state index is 11.5. The first-order valence-electron chi connectivity index (χ1n) is 6.09. The van der Waals surface area contributed by atoms with E-state index in [9.17, 15) is 14.7 Å². The molecule has 0 aliphatic rings. The van der Waals surface area contributed by atoms with Gasteiger partial charge in [-0.25, -0.2) is 4.79 Å². The van der Waals surface area contributed by atoms with Crippen molar-refractivity contribution in [1.29, 1.82) is 0 Å². The van der Waals surface area contributed by atoms with Crippen molar-refractivity contribution < 1.29 is 14.7 Å². The van der Waals surface area contributed by atoms with Crippen molar-refractivity contribution in [3.8, 4) is 0 Å². The van der Waals surface area contributed by atoms with Crippen LogP contribution in [0.1, 0.15) is 27.7 Å². The second-order valence-electron chi connectivity index (χ2n) is 5.64. The fourth-order valence-corrected chi connectivity index (χ4v) is 1.47. The number of amides is 3. The van der Waals surface area contributed by atoms with Crippen LogP contribution in [0.3, 0.4) is 0 Å². The quantitative estimate of drug-likeness (QED) is 0.635. The second kappa shape index (κ2) is 7.33. The van der Waals surface area contributed by atoms with Crippen LogP contribution in [0.25, 0.3) is 0 Å². The zero-order valence-corrected chi connectivity index (χ0v) is 11.9. The van der Waals surface area contributed by atoms with Gasteiger partial charge in [-0.3, -0.25) is 15.0 Å². The number of carbonyl (C=O) groups is 2. The Morgan fingerprint density at radius 3 is 2.33 bits per heavy atom. The van der Waals surface area contributed by atoms with E-state index in [1.165, 1.54) is 0 Å². The van der Waals surface area contributed by atoms with E-state index in [1.807, 2.05) is 13.8 Å². The first-order valence-corrected chi connectivity index (χ1v) is 6.09. The molecule has 0 aromatic rings. The van der Waals surface area contributed by atoms with E-state index in [0.29, 0.717) is 19.0 Å². The Balaban J connectivity index is 3.93. The van der Waals surface area contributed by atoms with Crippen molar-refractivity contribution >= 4 is 11.9 Å². The van der Waals surface area contributed by atoms with Crippen LogP contribution in [0.2, 0.25) is 0 Å². The van der Waals surface area contributed by atoms with Crippen molar-refractivity contribution in [3.63, 3.8) is 0 Å². The van der Waals surface area contributed by atoms with Gasteiger partial charge in [0, 0.05) is 13.1 Å². The molecule has 0 spiro atoms. The molecule has 0 fully saturated rings. The van der Waals surface area contributed by atoms with E-state index in [4.69, 9.17) is 0 Å². The SMILES string of the molecule is CC(C)CNC(=O)NC(=O)CN(C)CC(C)(C)O. The third-order valence-electron chi connectivity index (χ3n) is 1.99. The highest BCUT2D eigenvalue weighted by molar-refractivity contribution is 5.95. The normalized spacial score (nSPS) is 11.8. The lowest BCUT2D eigenvalue weighted by Crippen LogP contribution is -2.46. The summed E-state index contributed by atoms with van der Waals surface area (Å²) >= 11 is 0. The average Bonchev–Trinajstić information content (AvgIpc) is 2.10. The molecule has 0 aliphatic carbocycles. The van der Waals surface area contributed by atoms with E-state index < -0.39 is 11.6 Å². The number of hydrogen-bond donors (Lipinski definition) is 3. The van der Waals surface area contributed by atoms with E-state index in [0.717, 1.165) is 0 Å². The molecule has 0 rings (SSSR count). The molecule has 0 aliphatic heterocycles. The topological polar surface area (TPSA) is 81.7 Å². The van der Waals surface area contributed by atoms with Crippen LogP contribution in [0.5, 0.6) is 0 Å². The Hall–Kier alpha value is -1.14. The standard InChI is InChI=1S/C12H25N3O3/c1-9(2)6-13-11(17)14-10(16)7-15(5)8-12(3,4)18/h9,18H,6-8H2,1-5H3,(H2,13,14,16,17). The maximum Gasteiger partial charge on any atom is 0.321 e. The fourth-order valence-electron chi connectivity index (χ4n) is 1.47. The molecule has 0 saturated heterocycles. The van der Waals surface area contributed by atoms with Crippen LogP contribution >= 0.6 is 0 Å². The molecule has 0 aromatic heterocycles. The first-order chi connectivity index (χ1) is 8.10. The first kappa shape index (κ1) is 16.9. The lowest BCUT2D eigenvalue weighted by atomic mass is 10.1. The van der Waals surface area contributed by atoms with Crippen LogP contribution in [0.4, 0.5) is 4.79 Å². The summed E-state index contributed by atoms with van der Waals surface area (Å²) < 4.78 is 0. The minimum atomic E-state index is -0.866. The Morgan fingerprint density at radius 1 is 1.33 bits per heavy atom. The number of hydrogen-bond acceptors (Lipinski definition) is 4. The second-order valence-corrected chi connectivity index (χ2v) is 5.64. The Labute approximate surface area is 109 Å². The number of nitrogens with one attached hydrogen (secondary N) is 2. The molecule has 3 amide bonds. The number of rotatable bonds is 6. The molecule has 0 saturated carbocycles. The number of imide groups is 1. The van der Waals surface area contributed by atoms with Gasteiger partial charge in [0.1, 0.15) is 0 Å². The summed E-state index contributed by atoms with van der Waals surface area (Å²) in [7, 11) is 1.71. The summed E-state index contributed by atoms with van der Waals surface area (Å²) in [5.41, 5.74) is -0.866. The number of carbonyl (C=O) groups excluding carboxylic acids is 2. The molecule has 0 atom stereocenters. The van der Waals surface area contributed by atoms with Gasteiger partial charge in [-0.1, -0.05) is 13.8 Å². The van der Waals surface area contributed by atoms with Crippen molar-refractivity contribution in [1.82, 2.24) is 15.5 Å². The smallest absolute Gasteiger partial charge is 0.321 e. The summed E-state index contributed by atoms with van der Waals surface area (Å²) in [5, 5.41) is 14.4. The molecule has 0 aromatic carbocycles. The molecule has 0 bridgehead atoms. The molecule has 106 valence electrons. The van der Waals surface area contributed by atoms with E-state index in [-0.39, 0.29) is 12.5 Å². The molecule has 0 radical (unpaired) electrons. The minimum absolute atomic E-state index is 0.0685. The Kier molecular flexibility index (Phi) is 6.86. The van der Waals surface area contributed by atoms with Gasteiger partial charge in [-0.2, -0.15) is 0 Å². The monoisotopic (exact) mass is 259 g/mol. The van der Waals surface area contributed by atoms with E-state index >= 15 is 0 Å².